The second kappa shape index (κ2) is 3.84. The summed E-state index contributed by atoms with van der Waals surface area (Å²) in [6.45, 7) is 2.15. The molecule has 1 aromatic heterocycles. The molecule has 2 N–H and O–H groups in total. The van der Waals surface area contributed by atoms with E-state index in [4.69, 9.17) is 5.73 Å². The smallest absolute Gasteiger partial charge is 0.0316 e. The van der Waals surface area contributed by atoms with Crippen LogP contribution in [0.3, 0.4) is 0 Å². The molecule has 0 aliphatic rings. The van der Waals surface area contributed by atoms with Crippen LogP contribution in [0, 0.1) is 6.92 Å². The number of hydrogen-bond acceptors (Lipinski definition) is 2. The van der Waals surface area contributed by atoms with Crippen LogP contribution >= 0.6 is 11.3 Å². The van der Waals surface area contributed by atoms with Gasteiger partial charge in [-0.3, -0.25) is 0 Å². The lowest BCUT2D eigenvalue weighted by atomic mass is 10.1. The maximum absolute atomic E-state index is 5.73. The fourth-order valence-corrected chi connectivity index (χ4v) is 2.41. The predicted octanol–water partition coefficient (Wildman–Crippen LogP) is 3.23. The maximum Gasteiger partial charge on any atom is 0.0316 e. The van der Waals surface area contributed by atoms with Crippen LogP contribution in [-0.2, 0) is 6.42 Å². The summed E-state index contributed by atoms with van der Waals surface area (Å²) in [6.07, 6.45) is 0.995. The Kier molecular flexibility index (Phi) is 2.55. The summed E-state index contributed by atoms with van der Waals surface area (Å²) < 4.78 is 0. The van der Waals surface area contributed by atoms with E-state index in [0.717, 1.165) is 12.1 Å². The molecule has 1 aromatic carbocycles. The highest BCUT2D eigenvalue weighted by atomic mass is 32.1. The van der Waals surface area contributed by atoms with Crippen LogP contribution in [0.5, 0.6) is 0 Å². The molecule has 0 atom stereocenters. The van der Waals surface area contributed by atoms with Crippen molar-refractivity contribution in [1.82, 2.24) is 0 Å². The van der Waals surface area contributed by atoms with E-state index in [1.165, 1.54) is 16.0 Å². The van der Waals surface area contributed by atoms with E-state index in [2.05, 4.69) is 24.4 Å². The molecular weight excluding hydrogens is 190 g/mol. The zero-order chi connectivity index (χ0) is 9.97. The second-order valence-corrected chi connectivity index (χ2v) is 4.45. The van der Waals surface area contributed by atoms with Gasteiger partial charge in [0.25, 0.3) is 0 Å². The van der Waals surface area contributed by atoms with Crippen molar-refractivity contribution in [2.75, 3.05) is 5.73 Å². The van der Waals surface area contributed by atoms with Crippen LogP contribution in [0.1, 0.15) is 16.0 Å². The van der Waals surface area contributed by atoms with Crippen molar-refractivity contribution in [2.45, 2.75) is 13.3 Å². The van der Waals surface area contributed by atoms with Crippen LogP contribution in [0.2, 0.25) is 0 Å². The van der Waals surface area contributed by atoms with Gasteiger partial charge in [0.1, 0.15) is 0 Å². The molecule has 2 aromatic rings. The van der Waals surface area contributed by atoms with Crippen LogP contribution in [-0.4, -0.2) is 0 Å². The van der Waals surface area contributed by atoms with E-state index in [1.54, 1.807) is 0 Å². The summed E-state index contributed by atoms with van der Waals surface area (Å²) in [5.41, 5.74) is 9.23. The van der Waals surface area contributed by atoms with E-state index in [1.807, 2.05) is 29.5 Å². The largest absolute Gasteiger partial charge is 0.399 e. The molecule has 0 fully saturated rings. The molecule has 2 heteroatoms. The lowest BCUT2D eigenvalue weighted by Crippen LogP contribution is -1.90. The Morgan fingerprint density at radius 2 is 2.14 bits per heavy atom. The molecule has 0 amide bonds. The highest BCUT2D eigenvalue weighted by molar-refractivity contribution is 7.10. The summed E-state index contributed by atoms with van der Waals surface area (Å²) in [4.78, 5) is 1.43. The van der Waals surface area contributed by atoms with Gasteiger partial charge < -0.3 is 5.73 Å². The van der Waals surface area contributed by atoms with E-state index in [0.29, 0.717) is 0 Å². The van der Waals surface area contributed by atoms with Gasteiger partial charge in [0.2, 0.25) is 0 Å². The van der Waals surface area contributed by atoms with Gasteiger partial charge in [0, 0.05) is 17.0 Å². The van der Waals surface area contributed by atoms with Crippen molar-refractivity contribution in [3.8, 4) is 0 Å². The predicted molar refractivity (Wildman–Crippen MR) is 62.7 cm³/mol. The summed E-state index contributed by atoms with van der Waals surface area (Å²) in [5, 5.41) is 2.14. The van der Waals surface area contributed by atoms with Crippen LogP contribution < -0.4 is 5.73 Å². The van der Waals surface area contributed by atoms with Gasteiger partial charge in [0.05, 0.1) is 0 Å². The number of nitrogens with two attached hydrogens (primary N) is 1. The molecular formula is C12H13NS. The molecule has 0 unspecified atom stereocenters. The van der Waals surface area contributed by atoms with Crippen LogP contribution in [0.25, 0.3) is 0 Å². The van der Waals surface area contributed by atoms with Crippen molar-refractivity contribution in [1.29, 1.82) is 0 Å². The normalized spacial score (nSPS) is 10.4. The van der Waals surface area contributed by atoms with Gasteiger partial charge >= 0.3 is 0 Å². The third-order valence-electron chi connectivity index (χ3n) is 2.28. The molecule has 0 aliphatic carbocycles. The quantitative estimate of drug-likeness (QED) is 0.745. The highest BCUT2D eigenvalue weighted by Gasteiger charge is 2.01. The van der Waals surface area contributed by atoms with E-state index in [9.17, 15) is 0 Å². The monoisotopic (exact) mass is 203 g/mol. The Morgan fingerprint density at radius 1 is 1.29 bits per heavy atom. The Labute approximate surface area is 88.2 Å². The first-order valence-corrected chi connectivity index (χ1v) is 5.51. The molecule has 1 nitrogen and oxygen atoms in total. The minimum atomic E-state index is 0.844. The summed E-state index contributed by atoms with van der Waals surface area (Å²) in [7, 11) is 0. The lowest BCUT2D eigenvalue weighted by Gasteiger charge is -2.01. The molecule has 0 spiro atoms. The Balaban J connectivity index is 2.23. The second-order valence-electron chi connectivity index (χ2n) is 3.45. The molecule has 0 aliphatic heterocycles. The molecule has 0 radical (unpaired) electrons. The number of benzene rings is 1. The molecule has 0 bridgehead atoms. The summed E-state index contributed by atoms with van der Waals surface area (Å²) in [5.74, 6) is 0. The standard InChI is InChI=1S/C12H13NS/c1-9-5-6-14-12(9)8-10-3-2-4-11(13)7-10/h2-7H,8,13H2,1H3. The Morgan fingerprint density at radius 3 is 2.79 bits per heavy atom. The van der Waals surface area contributed by atoms with Crippen molar-refractivity contribution >= 4 is 17.0 Å². The van der Waals surface area contributed by atoms with Crippen molar-refractivity contribution < 1.29 is 0 Å². The molecule has 14 heavy (non-hydrogen) atoms. The summed E-state index contributed by atoms with van der Waals surface area (Å²) >= 11 is 1.81. The number of nitrogen functional groups attached to an aromatic ring is 1. The number of aryl methyl sites for hydroxylation is 1. The SMILES string of the molecule is Cc1ccsc1Cc1cccc(N)c1. The third-order valence-corrected chi connectivity index (χ3v) is 3.31. The fraction of sp³-hybridized carbons (Fsp3) is 0.167. The van der Waals surface area contributed by atoms with Gasteiger partial charge in [-0.05, 0) is 41.6 Å². The van der Waals surface area contributed by atoms with Crippen molar-refractivity contribution in [2.24, 2.45) is 0 Å². The minimum Gasteiger partial charge on any atom is -0.399 e. The first-order chi connectivity index (χ1) is 6.75. The van der Waals surface area contributed by atoms with Crippen molar-refractivity contribution in [3.05, 3.63) is 51.7 Å². The first kappa shape index (κ1) is 9.28. The highest BCUT2D eigenvalue weighted by Crippen LogP contribution is 2.20. The average Bonchev–Trinajstić information content (AvgIpc) is 2.52. The van der Waals surface area contributed by atoms with Gasteiger partial charge in [-0.25, -0.2) is 0 Å². The number of rotatable bonds is 2. The van der Waals surface area contributed by atoms with E-state index < -0.39 is 0 Å². The van der Waals surface area contributed by atoms with Gasteiger partial charge in [-0.1, -0.05) is 12.1 Å². The lowest BCUT2D eigenvalue weighted by molar-refractivity contribution is 1.21. The zero-order valence-electron chi connectivity index (χ0n) is 8.16. The number of hydrogen-bond donors (Lipinski definition) is 1. The molecule has 2 rings (SSSR count). The van der Waals surface area contributed by atoms with Gasteiger partial charge in [-0.2, -0.15) is 0 Å². The Bertz CT molecular complexity index is 431. The maximum atomic E-state index is 5.73. The van der Waals surface area contributed by atoms with Crippen molar-refractivity contribution in [3.63, 3.8) is 0 Å². The minimum absolute atomic E-state index is 0.844. The molecule has 0 saturated carbocycles. The topological polar surface area (TPSA) is 26.0 Å². The van der Waals surface area contributed by atoms with Crippen LogP contribution in [0.15, 0.2) is 35.7 Å². The van der Waals surface area contributed by atoms with Gasteiger partial charge in [0.15, 0.2) is 0 Å². The third kappa shape index (κ3) is 1.96. The summed E-state index contributed by atoms with van der Waals surface area (Å²) in [6, 6.07) is 10.2. The van der Waals surface area contributed by atoms with E-state index >= 15 is 0 Å². The first-order valence-electron chi connectivity index (χ1n) is 4.63. The fourth-order valence-electron chi connectivity index (χ4n) is 1.47. The number of thiophene rings is 1. The average molecular weight is 203 g/mol. The zero-order valence-corrected chi connectivity index (χ0v) is 8.97. The molecule has 1 heterocycles. The number of anilines is 1. The van der Waals surface area contributed by atoms with E-state index in [-0.39, 0.29) is 0 Å². The molecule has 0 saturated heterocycles. The van der Waals surface area contributed by atoms with Crippen LogP contribution in [0.4, 0.5) is 5.69 Å². The Hall–Kier alpha value is -1.28. The molecule has 72 valence electrons. The van der Waals surface area contributed by atoms with Gasteiger partial charge in [-0.15, -0.1) is 11.3 Å².